The zero-order chi connectivity index (χ0) is 19.9. The van der Waals surface area contributed by atoms with Crippen LogP contribution in [0.3, 0.4) is 0 Å². The minimum absolute atomic E-state index is 0.0701. The van der Waals surface area contributed by atoms with E-state index < -0.39 is 5.60 Å². The van der Waals surface area contributed by atoms with Gasteiger partial charge in [-0.3, -0.25) is 5.01 Å². The summed E-state index contributed by atoms with van der Waals surface area (Å²) in [5.41, 5.74) is 5.76. The van der Waals surface area contributed by atoms with Gasteiger partial charge in [0, 0.05) is 29.4 Å². The predicted octanol–water partition coefficient (Wildman–Crippen LogP) is 3.99. The third-order valence-corrected chi connectivity index (χ3v) is 3.77. The third-order valence-electron chi connectivity index (χ3n) is 3.54. The van der Waals surface area contributed by atoms with Crippen LogP contribution in [0.25, 0.3) is 0 Å². The molecule has 0 radical (unpaired) electrons. The number of hydrogen-bond acceptors (Lipinski definition) is 5. The van der Waals surface area contributed by atoms with E-state index in [1.807, 2.05) is 13.8 Å². The number of hydrogen-bond donors (Lipinski definition) is 4. The van der Waals surface area contributed by atoms with Gasteiger partial charge in [0.1, 0.15) is 11.6 Å². The van der Waals surface area contributed by atoms with E-state index in [1.54, 1.807) is 19.1 Å². The lowest BCUT2D eigenvalue weighted by Crippen LogP contribution is -2.29. The van der Waals surface area contributed by atoms with Gasteiger partial charge in [-0.15, -0.1) is 0 Å². The van der Waals surface area contributed by atoms with Crippen LogP contribution in [0.2, 0.25) is 5.02 Å². The molecule has 142 valence electrons. The number of phenols is 1. The maximum absolute atomic E-state index is 13.0. The van der Waals surface area contributed by atoms with Crippen molar-refractivity contribution >= 4 is 17.3 Å². The molecule has 0 aliphatic rings. The van der Waals surface area contributed by atoms with Gasteiger partial charge in [-0.05, 0) is 36.8 Å². The zero-order valence-corrected chi connectivity index (χ0v) is 15.8. The molecule has 7 heteroatoms. The van der Waals surface area contributed by atoms with Crippen LogP contribution in [0.15, 0.2) is 54.4 Å². The van der Waals surface area contributed by atoms with Crippen LogP contribution in [0.4, 0.5) is 10.1 Å². The third kappa shape index (κ3) is 5.91. The van der Waals surface area contributed by atoms with Crippen molar-refractivity contribution in [3.8, 4) is 5.75 Å². The molecule has 0 bridgehead atoms. The SMILES string of the molecule is CC.CC(O)(C/C(N)=C/N(N)c1ccc(Cl)cc1O)c1ccc(F)cc1. The Kier molecular flexibility index (Phi) is 7.89. The van der Waals surface area contributed by atoms with Crippen molar-refractivity contribution in [2.45, 2.75) is 32.8 Å². The lowest BCUT2D eigenvalue weighted by molar-refractivity contribution is 0.0571. The van der Waals surface area contributed by atoms with Crippen molar-refractivity contribution < 1.29 is 14.6 Å². The number of anilines is 1. The van der Waals surface area contributed by atoms with Gasteiger partial charge in [-0.25, -0.2) is 10.2 Å². The van der Waals surface area contributed by atoms with E-state index in [0.29, 0.717) is 16.3 Å². The second kappa shape index (κ2) is 9.43. The van der Waals surface area contributed by atoms with E-state index in [0.717, 1.165) is 5.01 Å². The van der Waals surface area contributed by atoms with Gasteiger partial charge >= 0.3 is 0 Å². The molecule has 1 unspecified atom stereocenters. The Morgan fingerprint density at radius 3 is 2.35 bits per heavy atom. The smallest absolute Gasteiger partial charge is 0.142 e. The first-order chi connectivity index (χ1) is 12.2. The fourth-order valence-corrected chi connectivity index (χ4v) is 2.48. The Bertz CT molecular complexity index is 749. The minimum atomic E-state index is -1.29. The summed E-state index contributed by atoms with van der Waals surface area (Å²) in [4.78, 5) is 0. The summed E-state index contributed by atoms with van der Waals surface area (Å²) < 4.78 is 13.0. The van der Waals surface area contributed by atoms with E-state index in [2.05, 4.69) is 0 Å². The molecular weight excluding hydrogens is 357 g/mol. The van der Waals surface area contributed by atoms with Crippen LogP contribution in [-0.2, 0) is 5.60 Å². The zero-order valence-electron chi connectivity index (χ0n) is 15.1. The van der Waals surface area contributed by atoms with E-state index in [4.69, 9.17) is 23.2 Å². The Morgan fingerprint density at radius 2 is 1.81 bits per heavy atom. The molecule has 0 aromatic heterocycles. The first-order valence-electron chi connectivity index (χ1n) is 8.16. The quantitative estimate of drug-likeness (QED) is 0.464. The fraction of sp³-hybridized carbons (Fsp3) is 0.263. The molecule has 0 amide bonds. The van der Waals surface area contributed by atoms with Crippen molar-refractivity contribution in [2.24, 2.45) is 11.6 Å². The summed E-state index contributed by atoms with van der Waals surface area (Å²) in [7, 11) is 0. The van der Waals surface area contributed by atoms with Crippen molar-refractivity contribution in [3.05, 3.63) is 70.8 Å². The fourth-order valence-electron chi connectivity index (χ4n) is 2.32. The molecule has 0 fully saturated rings. The minimum Gasteiger partial charge on any atom is -0.506 e. The van der Waals surface area contributed by atoms with E-state index >= 15 is 0 Å². The molecule has 0 saturated carbocycles. The van der Waals surface area contributed by atoms with Gasteiger partial charge in [0.15, 0.2) is 0 Å². The Morgan fingerprint density at radius 1 is 1.23 bits per heavy atom. The number of hydrazine groups is 1. The normalized spacial score (nSPS) is 13.4. The molecule has 0 spiro atoms. The Hall–Kier alpha value is -2.28. The number of benzene rings is 2. The number of nitrogens with two attached hydrogens (primary N) is 2. The van der Waals surface area contributed by atoms with Crippen LogP contribution < -0.4 is 16.6 Å². The van der Waals surface area contributed by atoms with Crippen molar-refractivity contribution in [2.75, 3.05) is 5.01 Å². The summed E-state index contributed by atoms with van der Waals surface area (Å²) in [5.74, 6) is 5.38. The Balaban J connectivity index is 0.00000163. The number of rotatable bonds is 5. The van der Waals surface area contributed by atoms with Crippen LogP contribution in [0, 0.1) is 5.82 Å². The van der Waals surface area contributed by atoms with E-state index in [9.17, 15) is 14.6 Å². The highest BCUT2D eigenvalue weighted by Crippen LogP contribution is 2.30. The van der Waals surface area contributed by atoms with Crippen LogP contribution in [-0.4, -0.2) is 10.2 Å². The second-order valence-corrected chi connectivity index (χ2v) is 6.14. The molecule has 2 rings (SSSR count). The number of nitrogens with zero attached hydrogens (tertiary/aromatic N) is 1. The van der Waals surface area contributed by atoms with Crippen molar-refractivity contribution in [1.29, 1.82) is 0 Å². The molecule has 6 N–H and O–H groups in total. The topological polar surface area (TPSA) is 95.7 Å². The number of phenolic OH excluding ortho intramolecular Hbond substituents is 1. The summed E-state index contributed by atoms with van der Waals surface area (Å²) in [5, 5.41) is 21.9. The lowest BCUT2D eigenvalue weighted by atomic mass is 9.91. The van der Waals surface area contributed by atoms with E-state index in [1.165, 1.54) is 36.5 Å². The van der Waals surface area contributed by atoms with Gasteiger partial charge in [0.05, 0.1) is 11.3 Å². The van der Waals surface area contributed by atoms with Gasteiger partial charge in [-0.1, -0.05) is 37.6 Å². The maximum Gasteiger partial charge on any atom is 0.142 e. The Labute approximate surface area is 158 Å². The molecular formula is C19H25ClFN3O2. The van der Waals surface area contributed by atoms with E-state index in [-0.39, 0.29) is 23.7 Å². The average Bonchev–Trinajstić information content (AvgIpc) is 2.56. The van der Waals surface area contributed by atoms with Crippen LogP contribution >= 0.6 is 11.6 Å². The summed E-state index contributed by atoms with van der Waals surface area (Å²) in [6.45, 7) is 5.57. The highest BCUT2D eigenvalue weighted by molar-refractivity contribution is 6.30. The molecule has 0 heterocycles. The molecule has 26 heavy (non-hydrogen) atoms. The molecule has 2 aromatic rings. The summed E-state index contributed by atoms with van der Waals surface area (Å²) >= 11 is 5.77. The monoisotopic (exact) mass is 381 g/mol. The van der Waals surface area contributed by atoms with Gasteiger partial charge in [-0.2, -0.15) is 0 Å². The molecule has 5 nitrogen and oxygen atoms in total. The number of halogens is 2. The average molecular weight is 382 g/mol. The largest absolute Gasteiger partial charge is 0.506 e. The molecule has 0 aliphatic carbocycles. The van der Waals surface area contributed by atoms with Gasteiger partial charge < -0.3 is 15.9 Å². The van der Waals surface area contributed by atoms with Crippen LogP contribution in [0.1, 0.15) is 32.8 Å². The van der Waals surface area contributed by atoms with Crippen LogP contribution in [0.5, 0.6) is 5.75 Å². The highest BCUT2D eigenvalue weighted by Gasteiger charge is 2.24. The van der Waals surface area contributed by atoms with Crippen molar-refractivity contribution in [1.82, 2.24) is 0 Å². The number of aliphatic hydroxyl groups is 1. The molecule has 0 aliphatic heterocycles. The predicted molar refractivity (Wildman–Crippen MR) is 104 cm³/mol. The van der Waals surface area contributed by atoms with Gasteiger partial charge in [0.25, 0.3) is 0 Å². The van der Waals surface area contributed by atoms with Crippen molar-refractivity contribution in [3.63, 3.8) is 0 Å². The summed E-state index contributed by atoms with van der Waals surface area (Å²) in [6, 6.07) is 10.0. The summed E-state index contributed by atoms with van der Waals surface area (Å²) in [6.07, 6.45) is 1.46. The molecule has 2 aromatic carbocycles. The number of aromatic hydroxyl groups is 1. The standard InChI is InChI=1S/C17H19ClFN3O2.C2H6/c1-17(24,11-2-5-13(19)6-3-11)9-14(20)10-22(21)15-7-4-12(18)8-16(15)23;1-2/h2-8,10,23-24H,9,20-21H2,1H3;1-2H3/b14-10-;. The second-order valence-electron chi connectivity index (χ2n) is 5.70. The first kappa shape index (κ1) is 21.8. The van der Waals surface area contributed by atoms with Gasteiger partial charge in [0.2, 0.25) is 0 Å². The maximum atomic E-state index is 13.0. The molecule has 1 atom stereocenters. The molecule has 0 saturated heterocycles. The highest BCUT2D eigenvalue weighted by atomic mass is 35.5. The lowest BCUT2D eigenvalue weighted by Gasteiger charge is -2.25. The first-order valence-corrected chi connectivity index (χ1v) is 8.54.